The van der Waals surface area contributed by atoms with Gasteiger partial charge in [-0.25, -0.2) is 14.3 Å². The Balaban J connectivity index is 0.000000179. The van der Waals surface area contributed by atoms with Gasteiger partial charge in [-0.2, -0.15) is 9.97 Å². The molecule has 24 heteroatoms. The van der Waals surface area contributed by atoms with Crippen LogP contribution in [0.1, 0.15) is 0 Å². The molecule has 12 rings (SSSR count). The average Bonchev–Trinajstić information content (AvgIpc) is 3.44. The minimum Gasteiger partial charge on any atom is -0.456 e. The van der Waals surface area contributed by atoms with E-state index < -0.39 is 62.4 Å². The maximum Gasteiger partial charge on any atom is 0.301 e. The van der Waals surface area contributed by atoms with Gasteiger partial charge in [0.05, 0.1) is 53.5 Å². The molecule has 456 valence electrons. The molecule has 0 saturated carbocycles. The molecule has 0 bridgehead atoms. The molecule has 4 fully saturated rings. The van der Waals surface area contributed by atoms with Crippen molar-refractivity contribution in [2.75, 3.05) is 52.2 Å². The van der Waals surface area contributed by atoms with Gasteiger partial charge in [-0.05, 0) is 70.7 Å². The van der Waals surface area contributed by atoms with Gasteiger partial charge >= 0.3 is 12.0 Å². The molecule has 8 atom stereocenters. The molecule has 86 heavy (non-hydrogen) atoms. The van der Waals surface area contributed by atoms with Crippen molar-refractivity contribution in [1.29, 1.82) is 4.78 Å². The average molecular weight is 1330 g/mol. The number of ether oxygens (including phenoxy) is 8. The molecule has 4 aliphatic heterocycles. The summed E-state index contributed by atoms with van der Waals surface area (Å²) in [4.78, 5) is 19.4. The van der Waals surface area contributed by atoms with Gasteiger partial charge in [0.25, 0.3) is 0 Å². The number of fused-ring (bicyclic) bond motifs is 4. The second kappa shape index (κ2) is 26.1. The second-order valence-electron chi connectivity index (χ2n) is 24.9. The highest BCUT2D eigenvalue weighted by molar-refractivity contribution is 9.10. The molecule has 4 aromatic heterocycles. The predicted molar refractivity (Wildman–Crippen MR) is 347 cm³/mol. The molecular weight excluding hydrogens is 1260 g/mol. The molecule has 4 saturated heterocycles. The van der Waals surface area contributed by atoms with Crippen molar-refractivity contribution in [3.05, 3.63) is 124 Å². The molecule has 8 aromatic rings. The van der Waals surface area contributed by atoms with E-state index in [1.807, 2.05) is 101 Å². The van der Waals surface area contributed by atoms with E-state index in [2.05, 4.69) is 83.8 Å². The highest BCUT2D eigenvalue weighted by Crippen LogP contribution is 2.38. The summed E-state index contributed by atoms with van der Waals surface area (Å²) in [5.74, 6) is 0. The van der Waals surface area contributed by atoms with E-state index in [1.54, 1.807) is 6.07 Å². The summed E-state index contributed by atoms with van der Waals surface area (Å²) >= 11 is 17.0. The Kier molecular flexibility index (Phi) is 19.0. The van der Waals surface area contributed by atoms with Gasteiger partial charge in [-0.1, -0.05) is 161 Å². The van der Waals surface area contributed by atoms with Crippen LogP contribution in [0.15, 0.2) is 118 Å². The first kappa shape index (κ1) is 62.5. The summed E-state index contributed by atoms with van der Waals surface area (Å²) < 4.78 is 65.3. The van der Waals surface area contributed by atoms with E-state index in [9.17, 15) is 10.2 Å². The second-order valence-corrected chi connectivity index (χ2v) is 40.6. The van der Waals surface area contributed by atoms with Crippen molar-refractivity contribution in [1.82, 2.24) is 29.1 Å². The van der Waals surface area contributed by atoms with Crippen LogP contribution >= 0.6 is 39.1 Å². The van der Waals surface area contributed by atoms with Crippen molar-refractivity contribution in [3.8, 4) is 56.8 Å². The van der Waals surface area contributed by atoms with Gasteiger partial charge in [0.2, 0.25) is 0 Å². The van der Waals surface area contributed by atoms with E-state index >= 15 is 0 Å². The third-order valence-electron chi connectivity index (χ3n) is 15.2. The smallest absolute Gasteiger partial charge is 0.301 e. The number of hydrogen-bond acceptors (Lipinski definition) is 16. The summed E-state index contributed by atoms with van der Waals surface area (Å²) in [5, 5.41) is 21.3. The van der Waals surface area contributed by atoms with Crippen LogP contribution in [0.5, 0.6) is 12.0 Å². The standard InChI is InChI=1S/C32H40ClN5O5SSi.C30H33BrClN3O5Si/c1-44(2,34)37-23-12-10-21(11-13-23)20-6-8-22(9-7-20)28-24(33)16-25-31(36-28)38(19-40-14-15-45(3,4)5)32(35-25)43-27-18-42-29-26(39)17-41-30(27)29;1-41(2,3)13-12-37-17-35-29-23(33-30(35)40-25-16-39-27-24(36)15-38-28(25)27)14-22(32)26(34-29)20-6-4-18(5-7-20)19-8-10-21(31)11-9-19/h6-13,16,26-27,29-30,34,39H,14-15,17-19H2,1-5H3;4-11,14,24-25,27-28,36H,12-13,15-17H2,1-3H3/t26-,27-,29-,30-;24-,25-,27-,28-/m11/s1. The number of benzene rings is 4. The zero-order valence-electron chi connectivity index (χ0n) is 49.4. The number of aromatic nitrogens is 6. The van der Waals surface area contributed by atoms with Crippen molar-refractivity contribution < 1.29 is 48.1 Å². The molecule has 3 N–H and O–H groups in total. The Morgan fingerprint density at radius 1 is 0.558 bits per heavy atom. The number of halogens is 3. The van der Waals surface area contributed by atoms with Crippen LogP contribution in [0, 0.1) is 4.78 Å². The van der Waals surface area contributed by atoms with Crippen molar-refractivity contribution in [2.24, 2.45) is 4.36 Å². The van der Waals surface area contributed by atoms with Crippen molar-refractivity contribution >= 4 is 92.9 Å². The van der Waals surface area contributed by atoms with Crippen LogP contribution in [0.3, 0.4) is 0 Å². The number of nitrogens with zero attached hydrogens (tertiary/aromatic N) is 7. The number of imidazole rings is 2. The van der Waals surface area contributed by atoms with Crippen molar-refractivity contribution in [2.45, 2.75) is 114 Å². The number of rotatable bonds is 19. The zero-order valence-corrected chi connectivity index (χ0v) is 55.3. The Morgan fingerprint density at radius 3 is 1.30 bits per heavy atom. The van der Waals surface area contributed by atoms with Gasteiger partial charge in [-0.3, -0.25) is 13.9 Å². The van der Waals surface area contributed by atoms with Crippen LogP contribution in [0.4, 0.5) is 5.69 Å². The van der Waals surface area contributed by atoms with E-state index in [0.29, 0.717) is 82.2 Å². The normalized spacial score (nSPS) is 22.1. The summed E-state index contributed by atoms with van der Waals surface area (Å²) in [7, 11) is -4.27. The molecule has 8 heterocycles. The fourth-order valence-electron chi connectivity index (χ4n) is 10.5. The maximum absolute atomic E-state index is 10.2. The van der Waals surface area contributed by atoms with Crippen LogP contribution in [0.25, 0.3) is 67.1 Å². The Morgan fingerprint density at radius 2 is 0.919 bits per heavy atom. The number of pyridine rings is 2. The molecule has 4 aromatic carbocycles. The monoisotopic (exact) mass is 1330 g/mol. The van der Waals surface area contributed by atoms with Gasteiger partial charge in [0, 0.05) is 57.5 Å². The number of aliphatic hydroxyl groups excluding tert-OH is 2. The summed E-state index contributed by atoms with van der Waals surface area (Å²) in [5.41, 5.74) is 10.6. The number of aliphatic hydroxyl groups is 2. The molecule has 0 amide bonds. The van der Waals surface area contributed by atoms with Crippen LogP contribution < -0.4 is 9.47 Å². The first-order valence-electron chi connectivity index (χ1n) is 28.7. The van der Waals surface area contributed by atoms with E-state index in [0.717, 1.165) is 55.6 Å². The van der Waals surface area contributed by atoms with Gasteiger partial charge < -0.3 is 48.1 Å². The molecular formula is C62H73BrCl2N8O10SSi2. The minimum absolute atomic E-state index is 0.218. The highest BCUT2D eigenvalue weighted by atomic mass is 79.9. The lowest BCUT2D eigenvalue weighted by atomic mass is 10.0. The molecule has 0 aliphatic carbocycles. The quantitative estimate of drug-likeness (QED) is 0.0508. The molecule has 4 aliphatic rings. The predicted octanol–water partition coefficient (Wildman–Crippen LogP) is 13.0. The minimum atomic E-state index is -1.72. The maximum atomic E-state index is 10.2. The largest absolute Gasteiger partial charge is 0.456 e. The van der Waals surface area contributed by atoms with Crippen LogP contribution in [-0.4, -0.2) is 156 Å². The summed E-state index contributed by atoms with van der Waals surface area (Å²) in [6, 6.07) is 38.8. The fourth-order valence-corrected chi connectivity index (χ4v) is 13.5. The summed E-state index contributed by atoms with van der Waals surface area (Å²) in [6.45, 7) is 16.7. The molecule has 0 unspecified atom stereocenters. The first-order chi connectivity index (χ1) is 41.0. The molecule has 0 spiro atoms. The zero-order chi connectivity index (χ0) is 60.7. The van der Waals surface area contributed by atoms with E-state index in [1.165, 1.54) is 0 Å². The third-order valence-corrected chi connectivity index (χ3v) is 20.4. The SMILES string of the molecule is C[Si](C)(C)CCOCn1c(O[C@@H]2CO[C@H]3[C@@H]2OC[C@H]3O)nc2cc(Cl)c(-c3ccc(-c4ccc(Br)cc4)cc3)nc21.C[Si](C)(C)CCOCn1c(O[C@@H]2CO[C@H]3[C@@H]2OC[C@H]3O)nc2cc(Cl)c(-c3ccc(-c4ccc(N=S(C)(C)=N)cc4)cc3)nc21. The van der Waals surface area contributed by atoms with E-state index in [-0.39, 0.29) is 38.9 Å². The molecule has 18 nitrogen and oxygen atoms in total. The Hall–Kier alpha value is -5.16. The van der Waals surface area contributed by atoms with Crippen molar-refractivity contribution in [3.63, 3.8) is 0 Å². The number of hydrogen-bond donors (Lipinski definition) is 3. The topological polar surface area (TPSA) is 212 Å². The fraction of sp³-hybridized carbons (Fsp3) is 0.419. The Labute approximate surface area is 522 Å². The highest BCUT2D eigenvalue weighted by Gasteiger charge is 2.50. The third kappa shape index (κ3) is 14.8. The lowest BCUT2D eigenvalue weighted by Crippen LogP contribution is -2.35. The van der Waals surface area contributed by atoms with Gasteiger partial charge in [0.1, 0.15) is 61.1 Å². The van der Waals surface area contributed by atoms with Gasteiger partial charge in [0.15, 0.2) is 23.5 Å². The number of nitrogens with one attached hydrogen (secondary N) is 1. The lowest BCUT2D eigenvalue weighted by molar-refractivity contribution is 0.00332. The van der Waals surface area contributed by atoms with Crippen LogP contribution in [-0.2, 0) is 51.5 Å². The van der Waals surface area contributed by atoms with Gasteiger partial charge in [-0.15, -0.1) is 0 Å². The lowest BCUT2D eigenvalue weighted by Gasteiger charge is -2.19. The summed E-state index contributed by atoms with van der Waals surface area (Å²) in [6.07, 6.45) is -0.00855. The Bertz CT molecular complexity index is 3820. The molecule has 0 radical (unpaired) electrons. The van der Waals surface area contributed by atoms with E-state index in [4.69, 9.17) is 85.8 Å². The van der Waals surface area contributed by atoms with Crippen LogP contribution in [0.2, 0.25) is 61.4 Å². The first-order valence-corrected chi connectivity index (χ1v) is 40.1.